The van der Waals surface area contributed by atoms with Gasteiger partial charge in [-0.1, -0.05) is 60.6 Å². The normalized spacial score (nSPS) is 22.5. The second kappa shape index (κ2) is 9.80. The Hall–Kier alpha value is -1.24. The van der Waals surface area contributed by atoms with E-state index in [0.717, 1.165) is 18.0 Å². The summed E-state index contributed by atoms with van der Waals surface area (Å²) in [4.78, 5) is 29.1. The second-order valence-corrected chi connectivity index (χ2v) is 8.88. The van der Waals surface area contributed by atoms with Crippen molar-refractivity contribution >= 4 is 51.9 Å². The van der Waals surface area contributed by atoms with Crippen LogP contribution < -0.4 is 10.6 Å². The minimum atomic E-state index is -0.271. The number of carbonyl (C=O) groups excluding carboxylic acids is 2. The number of hydrogen-bond acceptors (Lipinski definition) is 4. The quantitative estimate of drug-likeness (QED) is 0.682. The molecule has 1 aromatic rings. The van der Waals surface area contributed by atoms with Crippen LogP contribution in [0.2, 0.25) is 10.0 Å². The first-order valence-electron chi connectivity index (χ1n) is 9.31. The molecule has 1 unspecified atom stereocenters. The van der Waals surface area contributed by atoms with Gasteiger partial charge in [0.25, 0.3) is 5.91 Å². The van der Waals surface area contributed by atoms with Crippen molar-refractivity contribution < 1.29 is 9.59 Å². The predicted octanol–water partition coefficient (Wildman–Crippen LogP) is 4.42. The van der Waals surface area contributed by atoms with Crippen LogP contribution in [0, 0.1) is 0 Å². The van der Waals surface area contributed by atoms with Gasteiger partial charge in [-0.15, -0.1) is 0 Å². The summed E-state index contributed by atoms with van der Waals surface area (Å²) in [6.07, 6.45) is 7.72. The molecule has 1 saturated carbocycles. The summed E-state index contributed by atoms with van der Waals surface area (Å²) in [5.41, 5.74) is 0.375. The Labute approximate surface area is 173 Å². The zero-order valence-electron chi connectivity index (χ0n) is 15.0. The summed E-state index contributed by atoms with van der Waals surface area (Å²) in [7, 11) is 0. The number of nitrogens with one attached hydrogen (secondary N) is 2. The van der Waals surface area contributed by atoms with Gasteiger partial charge in [-0.2, -0.15) is 0 Å². The minimum absolute atomic E-state index is 0.0360. The molecule has 146 valence electrons. The van der Waals surface area contributed by atoms with Crippen molar-refractivity contribution in [3.8, 4) is 0 Å². The number of hydrogen-bond donors (Lipinski definition) is 2. The van der Waals surface area contributed by atoms with Gasteiger partial charge in [0.15, 0.2) is 5.17 Å². The largest absolute Gasteiger partial charge is 0.352 e. The first-order valence-corrected chi connectivity index (χ1v) is 10.9. The fourth-order valence-electron chi connectivity index (χ4n) is 3.29. The predicted molar refractivity (Wildman–Crippen MR) is 112 cm³/mol. The van der Waals surface area contributed by atoms with Crippen molar-refractivity contribution in [3.05, 3.63) is 33.8 Å². The highest BCUT2D eigenvalue weighted by Gasteiger charge is 2.30. The van der Waals surface area contributed by atoms with Crippen molar-refractivity contribution in [1.82, 2.24) is 10.6 Å². The molecule has 27 heavy (non-hydrogen) atoms. The molecule has 0 spiro atoms. The van der Waals surface area contributed by atoms with Gasteiger partial charge in [0.1, 0.15) is 0 Å². The summed E-state index contributed by atoms with van der Waals surface area (Å²) >= 11 is 13.4. The summed E-state index contributed by atoms with van der Waals surface area (Å²) in [5, 5.41) is 6.99. The highest BCUT2D eigenvalue weighted by Crippen LogP contribution is 2.26. The highest BCUT2D eigenvalue weighted by atomic mass is 35.5. The van der Waals surface area contributed by atoms with Crippen LogP contribution in [0.4, 0.5) is 0 Å². The Morgan fingerprint density at radius 3 is 2.67 bits per heavy atom. The van der Waals surface area contributed by atoms with E-state index in [1.165, 1.54) is 43.5 Å². The van der Waals surface area contributed by atoms with Gasteiger partial charge in [0.05, 0.1) is 21.9 Å². The van der Waals surface area contributed by atoms with Gasteiger partial charge in [-0.25, -0.2) is 0 Å². The van der Waals surface area contributed by atoms with Gasteiger partial charge < -0.3 is 10.6 Å². The maximum absolute atomic E-state index is 12.2. The van der Waals surface area contributed by atoms with E-state index in [1.54, 1.807) is 12.1 Å². The Morgan fingerprint density at radius 2 is 1.96 bits per heavy atom. The van der Waals surface area contributed by atoms with Crippen molar-refractivity contribution in [3.63, 3.8) is 0 Å². The molecular formula is C19H23Cl2N3O2S. The van der Waals surface area contributed by atoms with Crippen molar-refractivity contribution in [2.45, 2.75) is 56.2 Å². The maximum atomic E-state index is 12.2. The topological polar surface area (TPSA) is 70.6 Å². The SMILES string of the molecule is O=C(NCCC1SC(=NC2CCCCCC2)NC1=O)c1ccc(Cl)cc1Cl. The highest BCUT2D eigenvalue weighted by molar-refractivity contribution is 8.15. The number of nitrogens with zero attached hydrogens (tertiary/aromatic N) is 1. The summed E-state index contributed by atoms with van der Waals surface area (Å²) in [6.45, 7) is 0.388. The first kappa shape index (κ1) is 20.5. The molecule has 0 radical (unpaired) electrons. The molecular weight excluding hydrogens is 405 g/mol. The maximum Gasteiger partial charge on any atom is 0.252 e. The van der Waals surface area contributed by atoms with E-state index in [1.807, 2.05) is 0 Å². The standard InChI is InChI=1S/C19H23Cl2N3O2S/c20-12-7-8-14(15(21)11-12)17(25)22-10-9-16-18(26)24-19(27-16)23-13-5-3-1-2-4-6-13/h7-8,11,13,16H,1-6,9-10H2,(H,22,25)(H,23,24,26). The number of carbonyl (C=O) groups is 2. The van der Waals surface area contributed by atoms with Crippen LogP contribution in [0.1, 0.15) is 55.3 Å². The third kappa shape index (κ3) is 5.87. The lowest BCUT2D eigenvalue weighted by Crippen LogP contribution is -2.30. The molecule has 1 saturated heterocycles. The number of aliphatic imine (C=N–C) groups is 1. The van der Waals surface area contributed by atoms with E-state index in [-0.39, 0.29) is 17.1 Å². The van der Waals surface area contributed by atoms with Crippen molar-refractivity contribution in [1.29, 1.82) is 0 Å². The third-order valence-corrected chi connectivity index (χ3v) is 6.48. The third-order valence-electron chi connectivity index (χ3n) is 4.77. The van der Waals surface area contributed by atoms with E-state index in [2.05, 4.69) is 10.6 Å². The molecule has 3 rings (SSSR count). The smallest absolute Gasteiger partial charge is 0.252 e. The Kier molecular flexibility index (Phi) is 7.44. The molecule has 1 aliphatic heterocycles. The van der Waals surface area contributed by atoms with E-state index >= 15 is 0 Å². The van der Waals surface area contributed by atoms with Crippen molar-refractivity contribution in [2.75, 3.05) is 6.54 Å². The van der Waals surface area contributed by atoms with Crippen molar-refractivity contribution in [2.24, 2.45) is 4.99 Å². The number of thioether (sulfide) groups is 1. The van der Waals surface area contributed by atoms with Crippen LogP contribution in [0.15, 0.2) is 23.2 Å². The van der Waals surface area contributed by atoms with Crippen LogP contribution in [0.3, 0.4) is 0 Å². The Morgan fingerprint density at radius 1 is 1.22 bits per heavy atom. The molecule has 2 aliphatic rings. The molecule has 2 amide bonds. The average Bonchev–Trinajstić information content (AvgIpc) is 2.81. The van der Waals surface area contributed by atoms with Gasteiger partial charge >= 0.3 is 0 Å². The number of rotatable bonds is 5. The number of halogens is 2. The first-order chi connectivity index (χ1) is 13.0. The van der Waals surface area contributed by atoms with Gasteiger partial charge in [-0.3, -0.25) is 14.6 Å². The minimum Gasteiger partial charge on any atom is -0.352 e. The lowest BCUT2D eigenvalue weighted by Gasteiger charge is -2.09. The van der Waals surface area contributed by atoms with E-state index in [4.69, 9.17) is 28.2 Å². The zero-order chi connectivity index (χ0) is 19.2. The van der Waals surface area contributed by atoms with Crippen LogP contribution in [0.5, 0.6) is 0 Å². The van der Waals surface area contributed by atoms with Crippen LogP contribution in [-0.2, 0) is 4.79 Å². The van der Waals surface area contributed by atoms with Gasteiger partial charge in [0, 0.05) is 11.6 Å². The monoisotopic (exact) mass is 427 g/mol. The zero-order valence-corrected chi connectivity index (χ0v) is 17.3. The molecule has 2 N–H and O–H groups in total. The Balaban J connectivity index is 1.48. The molecule has 1 aliphatic carbocycles. The fraction of sp³-hybridized carbons (Fsp3) is 0.526. The molecule has 2 fully saturated rings. The van der Waals surface area contributed by atoms with Crippen LogP contribution >= 0.6 is 35.0 Å². The number of amides is 2. The molecule has 0 aromatic heterocycles. The molecule has 0 bridgehead atoms. The average molecular weight is 428 g/mol. The van der Waals surface area contributed by atoms with Gasteiger partial charge in [0.2, 0.25) is 5.91 Å². The molecule has 5 nitrogen and oxygen atoms in total. The van der Waals surface area contributed by atoms with Crippen LogP contribution in [-0.4, -0.2) is 34.8 Å². The lowest BCUT2D eigenvalue weighted by molar-refractivity contribution is -0.118. The number of amidine groups is 1. The van der Waals surface area contributed by atoms with Crippen LogP contribution in [0.25, 0.3) is 0 Å². The lowest BCUT2D eigenvalue weighted by atomic mass is 10.1. The summed E-state index contributed by atoms with van der Waals surface area (Å²) in [6, 6.07) is 5.07. The van der Waals surface area contributed by atoms with E-state index in [9.17, 15) is 9.59 Å². The molecule has 1 atom stereocenters. The Bertz CT molecular complexity index is 734. The number of benzene rings is 1. The second-order valence-electron chi connectivity index (χ2n) is 6.84. The molecule has 8 heteroatoms. The molecule has 1 aromatic carbocycles. The van der Waals surface area contributed by atoms with E-state index < -0.39 is 0 Å². The molecule has 1 heterocycles. The summed E-state index contributed by atoms with van der Waals surface area (Å²) in [5.74, 6) is -0.307. The van der Waals surface area contributed by atoms with Gasteiger partial charge in [-0.05, 0) is 37.5 Å². The summed E-state index contributed by atoms with van der Waals surface area (Å²) < 4.78 is 0. The van der Waals surface area contributed by atoms with E-state index in [0.29, 0.717) is 34.6 Å². The fourth-order valence-corrected chi connectivity index (χ4v) is 4.83.